The number of nitrogens with one attached hydrogen (secondary N) is 1. The molecule has 2 aromatic heterocycles. The van der Waals surface area contributed by atoms with E-state index in [4.69, 9.17) is 10.00 Å². The molecule has 0 fully saturated rings. The Morgan fingerprint density at radius 2 is 1.97 bits per heavy atom. The first-order valence-corrected chi connectivity index (χ1v) is 10.6. The van der Waals surface area contributed by atoms with Crippen LogP contribution in [0.3, 0.4) is 0 Å². The van der Waals surface area contributed by atoms with Crippen LogP contribution < -0.4 is 10.9 Å². The summed E-state index contributed by atoms with van der Waals surface area (Å²) in [5.41, 5.74) is -0.153. The first-order valence-electron chi connectivity index (χ1n) is 8.22. The van der Waals surface area contributed by atoms with Crippen molar-refractivity contribution in [3.05, 3.63) is 48.6 Å². The summed E-state index contributed by atoms with van der Waals surface area (Å²) in [5.74, 6) is -1.26. The second-order valence-corrected chi connectivity index (χ2v) is 8.85. The molecule has 0 aliphatic carbocycles. The number of thiophene rings is 1. The van der Waals surface area contributed by atoms with E-state index in [9.17, 15) is 14.4 Å². The SMILES string of the molecule is CCOC(=O)c1nn(-c2ccc(Br)cc2)c(=O)c2c(NC(=O)CC#N)sc(Br)c12. The van der Waals surface area contributed by atoms with Gasteiger partial charge in [-0.05, 0) is 47.1 Å². The Kier molecular flexibility index (Phi) is 6.46. The summed E-state index contributed by atoms with van der Waals surface area (Å²) in [5, 5.41) is 16.1. The summed E-state index contributed by atoms with van der Waals surface area (Å²) in [7, 11) is 0. The van der Waals surface area contributed by atoms with Gasteiger partial charge in [-0.1, -0.05) is 15.9 Å². The Hall–Kier alpha value is -2.55. The number of halogens is 2. The molecule has 1 aromatic carbocycles. The van der Waals surface area contributed by atoms with Gasteiger partial charge in [-0.15, -0.1) is 11.3 Å². The van der Waals surface area contributed by atoms with Crippen LogP contribution in [0.2, 0.25) is 0 Å². The molecule has 3 aromatic rings. The van der Waals surface area contributed by atoms with Crippen LogP contribution in [0.4, 0.5) is 5.00 Å². The molecule has 148 valence electrons. The summed E-state index contributed by atoms with van der Waals surface area (Å²) < 4.78 is 7.43. The molecule has 0 bridgehead atoms. The lowest BCUT2D eigenvalue weighted by Gasteiger charge is -2.10. The van der Waals surface area contributed by atoms with E-state index < -0.39 is 17.4 Å². The first kappa shape index (κ1) is 21.2. The number of hydrogen-bond acceptors (Lipinski definition) is 7. The fraction of sp³-hybridized carbons (Fsp3) is 0.167. The van der Waals surface area contributed by atoms with Gasteiger partial charge < -0.3 is 10.1 Å². The number of benzene rings is 1. The van der Waals surface area contributed by atoms with Crippen molar-refractivity contribution in [3.8, 4) is 11.8 Å². The van der Waals surface area contributed by atoms with Crippen LogP contribution >= 0.6 is 43.2 Å². The second-order valence-electron chi connectivity index (χ2n) is 5.60. The fourth-order valence-electron chi connectivity index (χ4n) is 2.55. The highest BCUT2D eigenvalue weighted by atomic mass is 79.9. The maximum Gasteiger partial charge on any atom is 0.359 e. The highest BCUT2D eigenvalue weighted by Gasteiger charge is 2.26. The van der Waals surface area contributed by atoms with Gasteiger partial charge in [-0.25, -0.2) is 4.79 Å². The predicted molar refractivity (Wildman–Crippen MR) is 115 cm³/mol. The number of nitriles is 1. The molecule has 0 atom stereocenters. The van der Waals surface area contributed by atoms with E-state index in [-0.39, 0.29) is 34.5 Å². The number of ether oxygens (including phenoxy) is 1. The first-order chi connectivity index (χ1) is 13.9. The van der Waals surface area contributed by atoms with Crippen molar-refractivity contribution < 1.29 is 14.3 Å². The maximum absolute atomic E-state index is 13.2. The summed E-state index contributed by atoms with van der Waals surface area (Å²) in [4.78, 5) is 37.7. The third-order valence-corrected chi connectivity index (χ3v) is 6.05. The number of rotatable bonds is 5. The average molecular weight is 540 g/mol. The third-order valence-electron chi connectivity index (χ3n) is 3.74. The molecule has 1 N–H and O–H groups in total. The van der Waals surface area contributed by atoms with Crippen LogP contribution in [-0.2, 0) is 9.53 Å². The molecule has 2 heterocycles. The minimum atomic E-state index is -0.697. The predicted octanol–water partition coefficient (Wildman–Crippen LogP) is 4.00. The Morgan fingerprint density at radius 1 is 1.28 bits per heavy atom. The molecule has 29 heavy (non-hydrogen) atoms. The zero-order chi connectivity index (χ0) is 21.1. The van der Waals surface area contributed by atoms with Crippen molar-refractivity contribution >= 4 is 70.8 Å². The summed E-state index contributed by atoms with van der Waals surface area (Å²) in [6, 6.07) is 8.54. The van der Waals surface area contributed by atoms with Gasteiger partial charge in [0.1, 0.15) is 11.4 Å². The van der Waals surface area contributed by atoms with Crippen molar-refractivity contribution in [3.63, 3.8) is 0 Å². The van der Waals surface area contributed by atoms with E-state index in [1.165, 1.54) is 0 Å². The molecule has 0 saturated carbocycles. The number of aromatic nitrogens is 2. The molecular weight excluding hydrogens is 528 g/mol. The number of hydrogen-bond donors (Lipinski definition) is 1. The molecule has 0 spiro atoms. The molecule has 8 nitrogen and oxygen atoms in total. The molecule has 3 rings (SSSR count). The van der Waals surface area contributed by atoms with Gasteiger partial charge in [-0.2, -0.15) is 15.0 Å². The molecule has 1 amide bonds. The van der Waals surface area contributed by atoms with E-state index in [0.29, 0.717) is 9.47 Å². The van der Waals surface area contributed by atoms with Gasteiger partial charge in [0.25, 0.3) is 5.56 Å². The average Bonchev–Trinajstić information content (AvgIpc) is 3.00. The fourth-order valence-corrected chi connectivity index (χ4v) is 4.62. The van der Waals surface area contributed by atoms with E-state index in [1.807, 2.05) is 0 Å². The van der Waals surface area contributed by atoms with E-state index in [2.05, 4.69) is 42.3 Å². The summed E-state index contributed by atoms with van der Waals surface area (Å²) in [6.07, 6.45) is -0.367. The maximum atomic E-state index is 13.2. The molecule has 0 saturated heterocycles. The van der Waals surface area contributed by atoms with Crippen LogP contribution in [0.5, 0.6) is 0 Å². The quantitative estimate of drug-likeness (QED) is 0.490. The Bertz CT molecular complexity index is 1210. The topological polar surface area (TPSA) is 114 Å². The van der Waals surface area contributed by atoms with Crippen molar-refractivity contribution in [1.29, 1.82) is 5.26 Å². The van der Waals surface area contributed by atoms with E-state index >= 15 is 0 Å². The Labute approximate surface area is 185 Å². The summed E-state index contributed by atoms with van der Waals surface area (Å²) >= 11 is 7.73. The number of anilines is 1. The van der Waals surface area contributed by atoms with E-state index in [0.717, 1.165) is 20.5 Å². The van der Waals surface area contributed by atoms with Crippen LogP contribution in [0.15, 0.2) is 37.3 Å². The van der Waals surface area contributed by atoms with Crippen molar-refractivity contribution in [2.75, 3.05) is 11.9 Å². The molecule has 0 unspecified atom stereocenters. The molecule has 11 heteroatoms. The van der Waals surface area contributed by atoms with Gasteiger partial charge in [0.05, 0.1) is 27.5 Å². The van der Waals surface area contributed by atoms with E-state index in [1.54, 1.807) is 37.3 Å². The molecule has 0 aliphatic rings. The highest BCUT2D eigenvalue weighted by Crippen LogP contribution is 2.39. The van der Waals surface area contributed by atoms with Gasteiger partial charge in [0.2, 0.25) is 5.91 Å². The number of amides is 1. The standard InChI is InChI=1S/C18H12Br2N4O4S/c1-2-28-18(27)14-12-13(16(29-15(12)20)22-11(25)7-8-21)17(26)24(23-14)10-5-3-9(19)4-6-10/h3-6H,2,7H2,1H3,(H,22,25). The Balaban J connectivity index is 2.32. The van der Waals surface area contributed by atoms with Gasteiger partial charge in [0, 0.05) is 9.86 Å². The van der Waals surface area contributed by atoms with Crippen molar-refractivity contribution in [2.24, 2.45) is 0 Å². The van der Waals surface area contributed by atoms with Crippen LogP contribution in [-0.4, -0.2) is 28.3 Å². The zero-order valence-corrected chi connectivity index (χ0v) is 18.9. The second kappa shape index (κ2) is 8.86. The number of nitrogens with zero attached hydrogens (tertiary/aromatic N) is 3. The normalized spacial score (nSPS) is 10.6. The van der Waals surface area contributed by atoms with Gasteiger partial charge >= 0.3 is 5.97 Å². The van der Waals surface area contributed by atoms with Gasteiger partial charge in [-0.3, -0.25) is 9.59 Å². The summed E-state index contributed by atoms with van der Waals surface area (Å²) in [6.45, 7) is 1.79. The molecule has 0 aliphatic heterocycles. The lowest BCUT2D eigenvalue weighted by Crippen LogP contribution is -2.25. The van der Waals surface area contributed by atoms with Crippen LogP contribution in [0.25, 0.3) is 16.5 Å². The minimum Gasteiger partial charge on any atom is -0.461 e. The van der Waals surface area contributed by atoms with Gasteiger partial charge in [0.15, 0.2) is 5.69 Å². The van der Waals surface area contributed by atoms with Crippen molar-refractivity contribution in [1.82, 2.24) is 9.78 Å². The van der Waals surface area contributed by atoms with Crippen LogP contribution in [0.1, 0.15) is 23.8 Å². The lowest BCUT2D eigenvalue weighted by atomic mass is 10.2. The van der Waals surface area contributed by atoms with Crippen molar-refractivity contribution in [2.45, 2.75) is 13.3 Å². The number of carbonyl (C=O) groups excluding carboxylic acids is 2. The highest BCUT2D eigenvalue weighted by molar-refractivity contribution is 9.11. The molecular formula is C18H12Br2N4O4S. The molecule has 0 radical (unpaired) electrons. The number of fused-ring (bicyclic) bond motifs is 1. The lowest BCUT2D eigenvalue weighted by molar-refractivity contribution is -0.115. The smallest absolute Gasteiger partial charge is 0.359 e. The zero-order valence-electron chi connectivity index (χ0n) is 14.9. The number of carbonyl (C=O) groups is 2. The minimum absolute atomic E-state index is 0.0618. The largest absolute Gasteiger partial charge is 0.461 e. The van der Waals surface area contributed by atoms with Crippen LogP contribution in [0, 0.1) is 11.3 Å². The number of esters is 1. The Morgan fingerprint density at radius 3 is 2.59 bits per heavy atom. The monoisotopic (exact) mass is 538 g/mol. The third kappa shape index (κ3) is 4.24.